The van der Waals surface area contributed by atoms with Crippen LogP contribution in [0.4, 0.5) is 52.7 Å². The molecule has 0 aliphatic rings. The summed E-state index contributed by atoms with van der Waals surface area (Å²) in [6.07, 6.45) is -21.7. The van der Waals surface area contributed by atoms with Gasteiger partial charge in [-0.15, -0.1) is 0 Å². The van der Waals surface area contributed by atoms with Gasteiger partial charge in [-0.1, -0.05) is 19.1 Å². The molecule has 0 bridgehead atoms. The van der Waals surface area contributed by atoms with Gasteiger partial charge >= 0.3 is 24.7 Å². The van der Waals surface area contributed by atoms with E-state index in [4.69, 9.17) is 0 Å². The van der Waals surface area contributed by atoms with Crippen molar-refractivity contribution in [2.45, 2.75) is 44.0 Å². The number of halogens is 12. The highest BCUT2D eigenvalue weighted by Gasteiger charge is 2.45. The maximum absolute atomic E-state index is 13.2. The Hall–Kier alpha value is -2.40. The normalized spacial score (nSPS) is 13.7. The lowest BCUT2D eigenvalue weighted by molar-refractivity contribution is -0.162. The van der Waals surface area contributed by atoms with E-state index in [2.05, 4.69) is 0 Å². The van der Waals surface area contributed by atoms with Gasteiger partial charge in [0.25, 0.3) is 0 Å². The van der Waals surface area contributed by atoms with E-state index in [0.29, 0.717) is 12.1 Å². The van der Waals surface area contributed by atoms with Crippen molar-refractivity contribution in [1.82, 2.24) is 0 Å². The van der Waals surface area contributed by atoms with Crippen molar-refractivity contribution < 1.29 is 52.7 Å². The summed E-state index contributed by atoms with van der Waals surface area (Å²) in [4.78, 5) is 0. The van der Waals surface area contributed by atoms with E-state index < -0.39 is 64.0 Å². The van der Waals surface area contributed by atoms with Gasteiger partial charge in [0, 0.05) is 5.92 Å². The quantitative estimate of drug-likeness (QED) is 0.398. The minimum Gasteiger partial charge on any atom is -0.166 e. The maximum atomic E-state index is 13.2. The molecule has 0 aromatic heterocycles. The molecule has 0 saturated heterocycles. The second-order valence-electron chi connectivity index (χ2n) is 6.56. The summed E-state index contributed by atoms with van der Waals surface area (Å²) < 4.78 is 157. The lowest BCUT2D eigenvalue weighted by Crippen LogP contribution is -2.18. The molecule has 0 spiro atoms. The molecule has 0 nitrogen and oxygen atoms in total. The smallest absolute Gasteiger partial charge is 0.166 e. The third-order valence-electron chi connectivity index (χ3n) is 4.52. The molecule has 0 fully saturated rings. The van der Waals surface area contributed by atoms with Crippen LogP contribution in [-0.2, 0) is 24.7 Å². The van der Waals surface area contributed by atoms with Gasteiger partial charge in [-0.3, -0.25) is 0 Å². The summed E-state index contributed by atoms with van der Waals surface area (Å²) in [6, 6.07) is 1.93. The Labute approximate surface area is 167 Å². The fourth-order valence-corrected chi connectivity index (χ4v) is 3.18. The summed E-state index contributed by atoms with van der Waals surface area (Å²) >= 11 is 0. The van der Waals surface area contributed by atoms with E-state index in [1.165, 1.54) is 6.92 Å². The first kappa shape index (κ1) is 24.9. The Morgan fingerprint density at radius 1 is 0.516 bits per heavy atom. The third kappa shape index (κ3) is 5.45. The molecule has 2 rings (SSSR count). The van der Waals surface area contributed by atoms with E-state index in [9.17, 15) is 52.7 Å². The average Bonchev–Trinajstić information content (AvgIpc) is 2.59. The van der Waals surface area contributed by atoms with Crippen LogP contribution < -0.4 is 0 Å². The van der Waals surface area contributed by atoms with E-state index in [1.54, 1.807) is 0 Å². The summed E-state index contributed by atoms with van der Waals surface area (Å²) in [6.45, 7) is 1.32. The minimum absolute atomic E-state index is 0.148. The molecular formula is C19H12F12. The molecule has 0 heterocycles. The fraction of sp³-hybridized carbons (Fsp3) is 0.368. The number of hydrogen-bond acceptors (Lipinski definition) is 0. The summed E-state index contributed by atoms with van der Waals surface area (Å²) in [5, 5.41) is 0. The van der Waals surface area contributed by atoms with Gasteiger partial charge in [0.1, 0.15) is 0 Å². The second-order valence-corrected chi connectivity index (χ2v) is 6.56. The SMILES string of the molecule is CCC(c1ccc(C(F)(F)F)c(C(F)(F)F)c1)c1ccc(C(F)(F)F)c(C(F)(F)F)c1. The van der Waals surface area contributed by atoms with Crippen LogP contribution in [0, 0.1) is 0 Å². The van der Waals surface area contributed by atoms with Crippen molar-refractivity contribution in [2.24, 2.45) is 0 Å². The van der Waals surface area contributed by atoms with Crippen LogP contribution >= 0.6 is 0 Å². The standard InChI is InChI=1S/C19H12F12/c1-2-11(9-3-5-12(16(20,21)22)14(7-9)18(26,27)28)10-4-6-13(17(23,24)25)15(8-10)19(29,30)31/h3-8,11H,2H2,1H3. The van der Waals surface area contributed by atoms with Gasteiger partial charge in [0.2, 0.25) is 0 Å². The van der Waals surface area contributed by atoms with Gasteiger partial charge in [-0.05, 0) is 41.8 Å². The first-order valence-electron chi connectivity index (χ1n) is 8.44. The first-order valence-corrected chi connectivity index (χ1v) is 8.44. The van der Waals surface area contributed by atoms with Crippen LogP contribution in [0.15, 0.2) is 36.4 Å². The van der Waals surface area contributed by atoms with Crippen LogP contribution in [0.5, 0.6) is 0 Å². The molecule has 2 aromatic carbocycles. The van der Waals surface area contributed by atoms with Crippen molar-refractivity contribution in [3.63, 3.8) is 0 Å². The molecule has 2 aromatic rings. The lowest BCUT2D eigenvalue weighted by atomic mass is 9.85. The second kappa shape index (κ2) is 7.94. The van der Waals surface area contributed by atoms with Gasteiger partial charge in [-0.25, -0.2) is 0 Å². The molecule has 0 atom stereocenters. The maximum Gasteiger partial charge on any atom is 0.417 e. The van der Waals surface area contributed by atoms with Crippen LogP contribution in [-0.4, -0.2) is 0 Å². The van der Waals surface area contributed by atoms with Gasteiger partial charge in [0.15, 0.2) is 0 Å². The van der Waals surface area contributed by atoms with Gasteiger partial charge in [-0.2, -0.15) is 52.7 Å². The monoisotopic (exact) mass is 468 g/mol. The molecule has 0 radical (unpaired) electrons. The zero-order valence-corrected chi connectivity index (χ0v) is 15.3. The zero-order valence-electron chi connectivity index (χ0n) is 15.3. The molecule has 172 valence electrons. The van der Waals surface area contributed by atoms with Crippen LogP contribution in [0.1, 0.15) is 52.6 Å². The fourth-order valence-electron chi connectivity index (χ4n) is 3.18. The highest BCUT2D eigenvalue weighted by molar-refractivity contribution is 5.44. The number of alkyl halides is 12. The Morgan fingerprint density at radius 3 is 1.03 bits per heavy atom. The minimum atomic E-state index is -5.42. The Bertz CT molecular complexity index is 853. The molecule has 12 heteroatoms. The van der Waals surface area contributed by atoms with Crippen LogP contribution in [0.25, 0.3) is 0 Å². The molecule has 0 saturated carbocycles. The highest BCUT2D eigenvalue weighted by atomic mass is 19.4. The molecule has 31 heavy (non-hydrogen) atoms. The Balaban J connectivity index is 2.69. The van der Waals surface area contributed by atoms with E-state index in [0.717, 1.165) is 0 Å². The predicted molar refractivity (Wildman–Crippen MR) is 85.0 cm³/mol. The van der Waals surface area contributed by atoms with E-state index in [-0.39, 0.29) is 30.7 Å². The molecule has 0 N–H and O–H groups in total. The van der Waals surface area contributed by atoms with Gasteiger partial charge in [0.05, 0.1) is 22.3 Å². The first-order chi connectivity index (χ1) is 13.9. The van der Waals surface area contributed by atoms with Crippen LogP contribution in [0.2, 0.25) is 0 Å². The Kier molecular flexibility index (Phi) is 6.37. The van der Waals surface area contributed by atoms with Crippen molar-refractivity contribution in [2.75, 3.05) is 0 Å². The highest BCUT2D eigenvalue weighted by Crippen LogP contribution is 2.45. The predicted octanol–water partition coefficient (Wildman–Crippen LogP) is 8.30. The average molecular weight is 468 g/mol. The summed E-state index contributed by atoms with van der Waals surface area (Å²) in [5.74, 6) is -1.31. The van der Waals surface area contributed by atoms with E-state index >= 15 is 0 Å². The summed E-state index contributed by atoms with van der Waals surface area (Å²) in [7, 11) is 0. The Morgan fingerprint density at radius 2 is 0.806 bits per heavy atom. The molecule has 0 unspecified atom stereocenters. The van der Waals surface area contributed by atoms with E-state index in [1.807, 2.05) is 0 Å². The van der Waals surface area contributed by atoms with Crippen LogP contribution in [0.3, 0.4) is 0 Å². The van der Waals surface area contributed by atoms with Crippen molar-refractivity contribution >= 4 is 0 Å². The topological polar surface area (TPSA) is 0 Å². The lowest BCUT2D eigenvalue weighted by Gasteiger charge is -2.23. The van der Waals surface area contributed by atoms with Crippen molar-refractivity contribution in [3.05, 3.63) is 69.8 Å². The zero-order chi connectivity index (χ0) is 24.0. The molecule has 0 amide bonds. The van der Waals surface area contributed by atoms with Crippen molar-refractivity contribution in [1.29, 1.82) is 0 Å². The van der Waals surface area contributed by atoms with Crippen molar-refractivity contribution in [3.8, 4) is 0 Å². The summed E-state index contributed by atoms with van der Waals surface area (Å²) in [5.41, 5.74) is -8.90. The number of rotatable bonds is 3. The molecule has 0 aliphatic heterocycles. The number of hydrogen-bond donors (Lipinski definition) is 0. The molecular weight excluding hydrogens is 456 g/mol. The largest absolute Gasteiger partial charge is 0.417 e. The third-order valence-corrected chi connectivity index (χ3v) is 4.52. The molecule has 0 aliphatic carbocycles. The number of benzene rings is 2. The van der Waals surface area contributed by atoms with Gasteiger partial charge < -0.3 is 0 Å².